The summed E-state index contributed by atoms with van der Waals surface area (Å²) in [6.07, 6.45) is 0.319. The summed E-state index contributed by atoms with van der Waals surface area (Å²) in [5.41, 5.74) is 3.52. The Hall–Kier alpha value is -3.11. The summed E-state index contributed by atoms with van der Waals surface area (Å²) < 4.78 is 15.1. The van der Waals surface area contributed by atoms with Crippen LogP contribution in [0, 0.1) is 5.82 Å². The molecule has 5 heteroatoms. The number of aromatic nitrogens is 1. The van der Waals surface area contributed by atoms with E-state index in [1.54, 1.807) is 16.7 Å². The van der Waals surface area contributed by atoms with Crippen molar-refractivity contribution in [3.8, 4) is 16.9 Å². The van der Waals surface area contributed by atoms with Crippen molar-refractivity contribution < 1.29 is 9.50 Å². The van der Waals surface area contributed by atoms with Crippen LogP contribution in [0.3, 0.4) is 0 Å². The molecule has 1 N–H and O–H groups in total. The fraction of sp³-hybridized carbons (Fsp3) is 0.125. The molecule has 3 nitrogen and oxygen atoms in total. The molecule has 0 saturated carbocycles. The van der Waals surface area contributed by atoms with Crippen molar-refractivity contribution >= 4 is 22.5 Å². The van der Waals surface area contributed by atoms with Crippen molar-refractivity contribution in [2.24, 2.45) is 0 Å². The minimum absolute atomic E-state index is 0.0321. The van der Waals surface area contributed by atoms with Crippen LogP contribution in [-0.2, 0) is 13.0 Å². The molecule has 0 bridgehead atoms. The van der Waals surface area contributed by atoms with Gasteiger partial charge in [0.1, 0.15) is 11.6 Å². The van der Waals surface area contributed by atoms with E-state index in [1.165, 1.54) is 6.07 Å². The molecule has 146 valence electrons. The SMILES string of the molecule is CCn1c(=O)c(Cc2ccc(-c3ccc(F)c(Cl)c3)cc2)c(O)c2ccccc21. The summed E-state index contributed by atoms with van der Waals surface area (Å²) in [7, 11) is 0. The molecular weight excluding hydrogens is 389 g/mol. The molecule has 0 saturated heterocycles. The molecule has 0 fully saturated rings. The molecule has 0 spiro atoms. The zero-order valence-electron chi connectivity index (χ0n) is 15.8. The normalized spacial score (nSPS) is 11.1. The fourth-order valence-corrected chi connectivity index (χ4v) is 3.79. The van der Waals surface area contributed by atoms with E-state index >= 15 is 0 Å². The highest BCUT2D eigenvalue weighted by Gasteiger charge is 2.16. The zero-order valence-corrected chi connectivity index (χ0v) is 16.6. The quantitative estimate of drug-likeness (QED) is 0.466. The van der Waals surface area contributed by atoms with Crippen molar-refractivity contribution in [1.82, 2.24) is 4.57 Å². The maximum atomic E-state index is 13.4. The maximum absolute atomic E-state index is 13.4. The van der Waals surface area contributed by atoms with Crippen molar-refractivity contribution in [2.45, 2.75) is 19.9 Å². The Kier molecular flexibility index (Phi) is 5.12. The van der Waals surface area contributed by atoms with Crippen molar-refractivity contribution in [3.05, 3.63) is 99.1 Å². The van der Waals surface area contributed by atoms with Gasteiger partial charge in [-0.2, -0.15) is 0 Å². The molecular formula is C24H19ClFNO2. The molecule has 0 atom stereocenters. The van der Waals surface area contributed by atoms with Crippen LogP contribution in [0.2, 0.25) is 5.02 Å². The molecule has 3 aromatic carbocycles. The molecule has 0 aliphatic heterocycles. The molecule has 1 aromatic heterocycles. The van der Waals surface area contributed by atoms with Crippen LogP contribution >= 0.6 is 11.6 Å². The fourth-order valence-electron chi connectivity index (χ4n) is 3.61. The topological polar surface area (TPSA) is 42.2 Å². The second kappa shape index (κ2) is 7.72. The molecule has 1 heterocycles. The Bertz CT molecular complexity index is 1260. The summed E-state index contributed by atoms with van der Waals surface area (Å²) in [6, 6.07) is 19.6. The largest absolute Gasteiger partial charge is 0.507 e. The summed E-state index contributed by atoms with van der Waals surface area (Å²) >= 11 is 5.87. The highest BCUT2D eigenvalue weighted by molar-refractivity contribution is 6.31. The molecule has 29 heavy (non-hydrogen) atoms. The Morgan fingerprint density at radius 3 is 2.38 bits per heavy atom. The third-order valence-electron chi connectivity index (χ3n) is 5.14. The van der Waals surface area contributed by atoms with E-state index in [9.17, 15) is 14.3 Å². The zero-order chi connectivity index (χ0) is 20.5. The average molecular weight is 408 g/mol. The van der Waals surface area contributed by atoms with Crippen LogP contribution in [0.25, 0.3) is 22.0 Å². The van der Waals surface area contributed by atoms with Crippen LogP contribution < -0.4 is 5.56 Å². The van der Waals surface area contributed by atoms with E-state index in [0.29, 0.717) is 23.9 Å². The number of fused-ring (bicyclic) bond motifs is 1. The molecule has 4 aromatic rings. The molecule has 0 aliphatic rings. The molecule has 0 radical (unpaired) electrons. The number of hydrogen-bond donors (Lipinski definition) is 1. The first-order valence-corrected chi connectivity index (χ1v) is 9.75. The van der Waals surface area contributed by atoms with E-state index in [-0.39, 0.29) is 16.3 Å². The Morgan fingerprint density at radius 2 is 1.69 bits per heavy atom. The van der Waals surface area contributed by atoms with Crippen LogP contribution in [0.5, 0.6) is 5.75 Å². The smallest absolute Gasteiger partial charge is 0.258 e. The van der Waals surface area contributed by atoms with E-state index in [4.69, 9.17) is 11.6 Å². The standard InChI is InChI=1S/C24H19ClFNO2/c1-2-27-22-6-4-3-5-18(22)23(28)19(24(27)29)13-15-7-9-16(10-8-15)17-11-12-21(26)20(25)14-17/h3-12,14,28H,2,13H2,1H3. The van der Waals surface area contributed by atoms with Gasteiger partial charge in [0.2, 0.25) is 0 Å². The van der Waals surface area contributed by atoms with E-state index in [1.807, 2.05) is 55.5 Å². The molecule has 4 rings (SSSR count). The highest BCUT2D eigenvalue weighted by atomic mass is 35.5. The summed E-state index contributed by atoms with van der Waals surface area (Å²) in [5.74, 6) is -0.421. The van der Waals surface area contributed by atoms with Gasteiger partial charge in [0, 0.05) is 18.4 Å². The average Bonchev–Trinajstić information content (AvgIpc) is 2.74. The summed E-state index contributed by atoms with van der Waals surface area (Å²) in [5, 5.41) is 11.5. The van der Waals surface area contributed by atoms with Crippen LogP contribution in [0.4, 0.5) is 4.39 Å². The number of aryl methyl sites for hydroxylation is 1. The Labute approximate surface area is 172 Å². The highest BCUT2D eigenvalue weighted by Crippen LogP contribution is 2.29. The number of benzene rings is 3. The lowest BCUT2D eigenvalue weighted by atomic mass is 9.99. The monoisotopic (exact) mass is 407 g/mol. The van der Waals surface area contributed by atoms with Crippen LogP contribution in [0.1, 0.15) is 18.1 Å². The van der Waals surface area contributed by atoms with Crippen molar-refractivity contribution in [1.29, 1.82) is 0 Å². The number of pyridine rings is 1. The van der Waals surface area contributed by atoms with Crippen molar-refractivity contribution in [2.75, 3.05) is 0 Å². The predicted molar refractivity (Wildman–Crippen MR) is 115 cm³/mol. The number of hydrogen-bond acceptors (Lipinski definition) is 2. The van der Waals surface area contributed by atoms with Crippen LogP contribution in [0.15, 0.2) is 71.5 Å². The second-order valence-electron chi connectivity index (χ2n) is 6.90. The van der Waals surface area contributed by atoms with Gasteiger partial charge >= 0.3 is 0 Å². The number of halogens is 2. The van der Waals surface area contributed by atoms with E-state index in [0.717, 1.165) is 22.2 Å². The third kappa shape index (κ3) is 3.52. The molecule has 0 amide bonds. The van der Waals surface area contributed by atoms with Gasteiger partial charge in [0.25, 0.3) is 5.56 Å². The Balaban J connectivity index is 1.72. The molecule has 0 unspecified atom stereocenters. The van der Waals surface area contributed by atoms with Gasteiger partial charge in [0.15, 0.2) is 0 Å². The first kappa shape index (κ1) is 19.2. The molecule has 0 aliphatic carbocycles. The lowest BCUT2D eigenvalue weighted by molar-refractivity contribution is 0.472. The second-order valence-corrected chi connectivity index (χ2v) is 7.30. The summed E-state index contributed by atoms with van der Waals surface area (Å²) in [6.45, 7) is 2.44. The first-order chi connectivity index (χ1) is 14.0. The minimum atomic E-state index is -0.453. The van der Waals surface area contributed by atoms with Gasteiger partial charge < -0.3 is 9.67 Å². The van der Waals surface area contributed by atoms with E-state index < -0.39 is 5.82 Å². The Morgan fingerprint density at radius 1 is 1.00 bits per heavy atom. The van der Waals surface area contributed by atoms with Gasteiger partial charge in [-0.15, -0.1) is 0 Å². The van der Waals surface area contributed by atoms with Gasteiger partial charge in [-0.05, 0) is 47.9 Å². The van der Waals surface area contributed by atoms with Crippen LogP contribution in [-0.4, -0.2) is 9.67 Å². The lowest BCUT2D eigenvalue weighted by Gasteiger charge is -2.14. The number of nitrogens with zero attached hydrogens (tertiary/aromatic N) is 1. The maximum Gasteiger partial charge on any atom is 0.258 e. The predicted octanol–water partition coefficient (Wildman–Crippen LogP) is 5.78. The third-order valence-corrected chi connectivity index (χ3v) is 5.43. The first-order valence-electron chi connectivity index (χ1n) is 9.37. The van der Waals surface area contributed by atoms with Gasteiger partial charge in [-0.3, -0.25) is 4.79 Å². The summed E-state index contributed by atoms with van der Waals surface area (Å²) in [4.78, 5) is 12.9. The van der Waals surface area contributed by atoms with Gasteiger partial charge in [-0.1, -0.05) is 54.1 Å². The number of aromatic hydroxyl groups is 1. The minimum Gasteiger partial charge on any atom is -0.507 e. The van der Waals surface area contributed by atoms with Crippen molar-refractivity contribution in [3.63, 3.8) is 0 Å². The van der Waals surface area contributed by atoms with Gasteiger partial charge in [-0.25, -0.2) is 4.39 Å². The lowest BCUT2D eigenvalue weighted by Crippen LogP contribution is -2.24. The number of para-hydroxylation sites is 1. The number of rotatable bonds is 4. The van der Waals surface area contributed by atoms with E-state index in [2.05, 4.69) is 0 Å². The van der Waals surface area contributed by atoms with Gasteiger partial charge in [0.05, 0.1) is 16.1 Å².